The van der Waals surface area contributed by atoms with Crippen LogP contribution in [0.1, 0.15) is 0 Å². The topological polar surface area (TPSA) is 78.3 Å². The second-order valence-electron chi connectivity index (χ2n) is 6.41. The van der Waals surface area contributed by atoms with E-state index in [1.54, 1.807) is 38.7 Å². The number of ether oxygens (including phenoxy) is 2. The number of pyridine rings is 2. The smallest absolute Gasteiger partial charge is 0.244 e. The summed E-state index contributed by atoms with van der Waals surface area (Å²) in [6.45, 7) is 0.151. The first-order chi connectivity index (χ1) is 14.2. The van der Waals surface area contributed by atoms with Gasteiger partial charge in [-0.25, -0.2) is 4.98 Å². The zero-order chi connectivity index (χ0) is 20.2. The van der Waals surface area contributed by atoms with Gasteiger partial charge >= 0.3 is 0 Å². The van der Waals surface area contributed by atoms with E-state index in [0.29, 0.717) is 11.6 Å². The SMILES string of the molecule is COc1cccc(-c2nccc3ccn(CC(=O)Nc4ccc(OC)nc4)c23)c1. The highest BCUT2D eigenvalue weighted by molar-refractivity contribution is 5.95. The highest BCUT2D eigenvalue weighted by atomic mass is 16.5. The summed E-state index contributed by atoms with van der Waals surface area (Å²) >= 11 is 0. The summed E-state index contributed by atoms with van der Waals surface area (Å²) in [4.78, 5) is 21.3. The van der Waals surface area contributed by atoms with Crippen LogP contribution in [0.2, 0.25) is 0 Å². The molecular formula is C22H20N4O3. The molecule has 1 N–H and O–H groups in total. The fraction of sp³-hybridized carbons (Fsp3) is 0.136. The van der Waals surface area contributed by atoms with Crippen molar-refractivity contribution in [2.45, 2.75) is 6.54 Å². The van der Waals surface area contributed by atoms with Crippen molar-refractivity contribution in [3.8, 4) is 22.9 Å². The van der Waals surface area contributed by atoms with Crippen molar-refractivity contribution in [2.24, 2.45) is 0 Å². The number of carbonyl (C=O) groups is 1. The highest BCUT2D eigenvalue weighted by Gasteiger charge is 2.13. The van der Waals surface area contributed by atoms with Gasteiger partial charge in [-0.2, -0.15) is 0 Å². The van der Waals surface area contributed by atoms with E-state index >= 15 is 0 Å². The summed E-state index contributed by atoms with van der Waals surface area (Å²) in [5.74, 6) is 1.09. The number of aromatic nitrogens is 3. The minimum absolute atomic E-state index is 0.151. The molecule has 4 rings (SSSR count). The summed E-state index contributed by atoms with van der Waals surface area (Å²) in [6, 6.07) is 15.1. The van der Waals surface area contributed by atoms with Crippen LogP contribution >= 0.6 is 0 Å². The number of amides is 1. The molecule has 29 heavy (non-hydrogen) atoms. The molecule has 0 saturated heterocycles. The van der Waals surface area contributed by atoms with Crippen molar-refractivity contribution in [3.05, 3.63) is 67.1 Å². The molecular weight excluding hydrogens is 368 g/mol. The number of rotatable bonds is 6. The molecule has 0 aliphatic heterocycles. The number of benzene rings is 1. The van der Waals surface area contributed by atoms with Crippen LogP contribution < -0.4 is 14.8 Å². The van der Waals surface area contributed by atoms with Crippen LogP contribution in [0.15, 0.2) is 67.1 Å². The van der Waals surface area contributed by atoms with E-state index in [1.165, 1.54) is 0 Å². The number of fused-ring (bicyclic) bond motifs is 1. The number of hydrogen-bond donors (Lipinski definition) is 1. The molecule has 0 atom stereocenters. The maximum absolute atomic E-state index is 12.6. The van der Waals surface area contributed by atoms with Gasteiger partial charge in [0.15, 0.2) is 0 Å². The molecule has 146 valence electrons. The van der Waals surface area contributed by atoms with Crippen LogP contribution in [0.5, 0.6) is 11.6 Å². The molecule has 0 radical (unpaired) electrons. The number of carbonyl (C=O) groups excluding carboxylic acids is 1. The third kappa shape index (κ3) is 3.89. The molecule has 0 unspecified atom stereocenters. The van der Waals surface area contributed by atoms with Crippen molar-refractivity contribution in [2.75, 3.05) is 19.5 Å². The van der Waals surface area contributed by atoms with E-state index in [-0.39, 0.29) is 12.5 Å². The Kier molecular flexibility index (Phi) is 5.11. The minimum atomic E-state index is -0.157. The second kappa shape index (κ2) is 8.02. The Morgan fingerprint density at radius 3 is 2.72 bits per heavy atom. The third-order valence-electron chi connectivity index (χ3n) is 4.56. The average Bonchev–Trinajstić information content (AvgIpc) is 3.17. The van der Waals surface area contributed by atoms with Crippen molar-refractivity contribution in [3.63, 3.8) is 0 Å². The Morgan fingerprint density at radius 1 is 1.07 bits per heavy atom. The standard InChI is InChI=1S/C22H20N4O3/c1-28-18-5-3-4-16(12-18)21-22-15(8-10-23-21)9-11-26(22)14-19(27)25-17-6-7-20(29-2)24-13-17/h3-13H,14H2,1-2H3,(H,25,27). The first-order valence-corrected chi connectivity index (χ1v) is 9.06. The molecule has 0 aliphatic rings. The largest absolute Gasteiger partial charge is 0.497 e. The van der Waals surface area contributed by atoms with Gasteiger partial charge in [0, 0.05) is 29.4 Å². The van der Waals surface area contributed by atoms with Crippen LogP contribution in [0.4, 0.5) is 5.69 Å². The maximum Gasteiger partial charge on any atom is 0.244 e. The number of anilines is 1. The van der Waals surface area contributed by atoms with E-state index in [1.807, 2.05) is 47.2 Å². The summed E-state index contributed by atoms with van der Waals surface area (Å²) in [5.41, 5.74) is 3.22. The first-order valence-electron chi connectivity index (χ1n) is 9.06. The third-order valence-corrected chi connectivity index (χ3v) is 4.56. The van der Waals surface area contributed by atoms with Gasteiger partial charge in [0.05, 0.1) is 37.3 Å². The molecule has 3 heterocycles. The average molecular weight is 388 g/mol. The molecule has 0 spiro atoms. The summed E-state index contributed by atoms with van der Waals surface area (Å²) < 4.78 is 12.3. The number of hydrogen-bond acceptors (Lipinski definition) is 5. The number of nitrogens with zero attached hydrogens (tertiary/aromatic N) is 3. The lowest BCUT2D eigenvalue weighted by molar-refractivity contribution is -0.116. The normalized spacial score (nSPS) is 10.7. The van der Waals surface area contributed by atoms with Gasteiger partial charge in [0.1, 0.15) is 12.3 Å². The number of nitrogens with one attached hydrogen (secondary N) is 1. The molecule has 7 nitrogen and oxygen atoms in total. The van der Waals surface area contributed by atoms with Gasteiger partial charge in [0.2, 0.25) is 11.8 Å². The van der Waals surface area contributed by atoms with E-state index in [2.05, 4.69) is 15.3 Å². The zero-order valence-corrected chi connectivity index (χ0v) is 16.1. The summed E-state index contributed by atoms with van der Waals surface area (Å²) in [7, 11) is 3.18. The summed E-state index contributed by atoms with van der Waals surface area (Å²) in [6.07, 6.45) is 5.22. The van der Waals surface area contributed by atoms with E-state index in [9.17, 15) is 4.79 Å². The molecule has 3 aromatic heterocycles. The van der Waals surface area contributed by atoms with E-state index in [0.717, 1.165) is 27.9 Å². The Hall–Kier alpha value is -3.87. The highest BCUT2D eigenvalue weighted by Crippen LogP contribution is 2.29. The molecule has 1 amide bonds. The molecule has 7 heteroatoms. The molecule has 0 saturated carbocycles. The van der Waals surface area contributed by atoms with Crippen LogP contribution in [0.3, 0.4) is 0 Å². The van der Waals surface area contributed by atoms with Crippen LogP contribution in [0.25, 0.3) is 22.2 Å². The Morgan fingerprint density at radius 2 is 1.97 bits per heavy atom. The Labute approximate surface area is 167 Å². The quantitative estimate of drug-likeness (QED) is 0.544. The van der Waals surface area contributed by atoms with Gasteiger partial charge in [-0.05, 0) is 30.3 Å². The van der Waals surface area contributed by atoms with Gasteiger partial charge in [0.25, 0.3) is 0 Å². The van der Waals surface area contributed by atoms with Gasteiger partial charge in [-0.15, -0.1) is 0 Å². The molecule has 4 aromatic rings. The van der Waals surface area contributed by atoms with Crippen LogP contribution in [0, 0.1) is 0 Å². The minimum Gasteiger partial charge on any atom is -0.497 e. The molecule has 0 bridgehead atoms. The van der Waals surface area contributed by atoms with Crippen LogP contribution in [-0.4, -0.2) is 34.7 Å². The van der Waals surface area contributed by atoms with Crippen molar-refractivity contribution < 1.29 is 14.3 Å². The van der Waals surface area contributed by atoms with E-state index < -0.39 is 0 Å². The van der Waals surface area contributed by atoms with E-state index in [4.69, 9.17) is 9.47 Å². The van der Waals surface area contributed by atoms with Gasteiger partial charge in [-0.1, -0.05) is 12.1 Å². The predicted octanol–water partition coefficient (Wildman–Crippen LogP) is 3.75. The Balaban J connectivity index is 1.63. The number of methoxy groups -OCH3 is 2. The monoisotopic (exact) mass is 388 g/mol. The maximum atomic E-state index is 12.6. The van der Waals surface area contributed by atoms with Crippen molar-refractivity contribution in [1.29, 1.82) is 0 Å². The van der Waals surface area contributed by atoms with Crippen LogP contribution in [-0.2, 0) is 11.3 Å². The van der Waals surface area contributed by atoms with Crippen molar-refractivity contribution in [1.82, 2.24) is 14.5 Å². The lowest BCUT2D eigenvalue weighted by Crippen LogP contribution is -2.18. The molecule has 1 aromatic carbocycles. The Bertz CT molecular complexity index is 1150. The predicted molar refractivity (Wildman–Crippen MR) is 111 cm³/mol. The fourth-order valence-electron chi connectivity index (χ4n) is 3.19. The van der Waals surface area contributed by atoms with Gasteiger partial charge < -0.3 is 19.4 Å². The second-order valence-corrected chi connectivity index (χ2v) is 6.41. The first kappa shape index (κ1) is 18.5. The zero-order valence-electron chi connectivity index (χ0n) is 16.1. The fourth-order valence-corrected chi connectivity index (χ4v) is 3.19. The molecule has 0 aliphatic carbocycles. The lowest BCUT2D eigenvalue weighted by atomic mass is 10.1. The van der Waals surface area contributed by atoms with Crippen molar-refractivity contribution >= 4 is 22.5 Å². The lowest BCUT2D eigenvalue weighted by Gasteiger charge is -2.11. The van der Waals surface area contributed by atoms with Gasteiger partial charge in [-0.3, -0.25) is 9.78 Å². The summed E-state index contributed by atoms with van der Waals surface area (Å²) in [5, 5.41) is 3.87. The molecule has 0 fully saturated rings.